The summed E-state index contributed by atoms with van der Waals surface area (Å²) in [5.74, 6) is -11.4. The lowest BCUT2D eigenvalue weighted by Crippen LogP contribution is -2.54. The van der Waals surface area contributed by atoms with Crippen LogP contribution >= 0.6 is 11.3 Å². The van der Waals surface area contributed by atoms with Crippen molar-refractivity contribution in [2.45, 2.75) is 24.6 Å². The molecule has 0 N–H and O–H groups in total. The Kier molecular flexibility index (Phi) is 4.26. The van der Waals surface area contributed by atoms with Gasteiger partial charge in [-0.05, 0) is 22.4 Å². The lowest BCUT2D eigenvalue weighted by atomic mass is 10.2. The van der Waals surface area contributed by atoms with Crippen LogP contribution in [0.4, 0.5) is 30.7 Å². The second-order valence-electron chi connectivity index (χ2n) is 3.40. The Labute approximate surface area is 101 Å². The number of thiophene rings is 1. The third-order valence-corrected chi connectivity index (χ3v) is 2.68. The van der Waals surface area contributed by atoms with Gasteiger partial charge in [0.15, 0.2) is 0 Å². The summed E-state index contributed by atoms with van der Waals surface area (Å²) < 4.78 is 89.7. The molecular weight excluding hydrogens is 289 g/mol. The van der Waals surface area contributed by atoms with Crippen molar-refractivity contribution in [3.05, 3.63) is 22.4 Å². The monoisotopic (exact) mass is 296 g/mol. The van der Waals surface area contributed by atoms with Crippen LogP contribution in [0.5, 0.6) is 0 Å². The lowest BCUT2D eigenvalue weighted by molar-refractivity contribution is -0.361. The zero-order chi connectivity index (χ0) is 14.0. The first kappa shape index (κ1) is 15.2. The predicted octanol–water partition coefficient (Wildman–Crippen LogP) is 4.10. The summed E-state index contributed by atoms with van der Waals surface area (Å²) in [5, 5.41) is 3.08. The average molecular weight is 296 g/mol. The Hall–Kier alpha value is -0.830. The summed E-state index contributed by atoms with van der Waals surface area (Å²) in [6.45, 7) is -2.46. The van der Waals surface area contributed by atoms with Crippen molar-refractivity contribution in [3.63, 3.8) is 0 Å². The summed E-state index contributed by atoms with van der Waals surface area (Å²) in [4.78, 5) is 0. The highest BCUT2D eigenvalue weighted by Gasteiger charge is 2.72. The molecule has 1 heterocycles. The van der Waals surface area contributed by atoms with E-state index in [2.05, 4.69) is 4.74 Å². The Morgan fingerprint density at radius 1 is 1.06 bits per heavy atom. The minimum atomic E-state index is -6.32. The first-order valence-electron chi connectivity index (χ1n) is 4.49. The second-order valence-corrected chi connectivity index (χ2v) is 4.18. The van der Waals surface area contributed by atoms with Crippen molar-refractivity contribution in [1.29, 1.82) is 0 Å². The van der Waals surface area contributed by atoms with E-state index in [1.807, 2.05) is 0 Å². The number of halogens is 7. The summed E-state index contributed by atoms with van der Waals surface area (Å²) in [7, 11) is 0. The molecule has 104 valence electrons. The van der Waals surface area contributed by atoms with Crippen LogP contribution in [0.25, 0.3) is 0 Å². The lowest BCUT2D eigenvalue weighted by Gasteiger charge is -2.27. The molecule has 0 aliphatic heterocycles. The molecule has 18 heavy (non-hydrogen) atoms. The van der Waals surface area contributed by atoms with Gasteiger partial charge in [0.2, 0.25) is 0 Å². The quantitative estimate of drug-likeness (QED) is 0.743. The van der Waals surface area contributed by atoms with Gasteiger partial charge in [-0.25, -0.2) is 0 Å². The van der Waals surface area contributed by atoms with Crippen molar-refractivity contribution < 1.29 is 35.5 Å². The number of hydrogen-bond donors (Lipinski definition) is 0. The van der Waals surface area contributed by atoms with E-state index in [1.54, 1.807) is 5.38 Å². The largest absolute Gasteiger partial charge is 0.459 e. The third kappa shape index (κ3) is 3.14. The molecule has 0 spiro atoms. The minimum absolute atomic E-state index is 0.422. The molecule has 1 aromatic rings. The fourth-order valence-corrected chi connectivity index (χ4v) is 1.62. The summed E-state index contributed by atoms with van der Waals surface area (Å²) >= 11 is 1.21. The van der Waals surface area contributed by atoms with E-state index in [0.717, 1.165) is 0 Å². The van der Waals surface area contributed by atoms with Gasteiger partial charge in [-0.15, -0.1) is 0 Å². The SMILES string of the molecule is FC(F)(F)C(F)(F)C(F)(F)COCc1ccsc1. The first-order valence-corrected chi connectivity index (χ1v) is 5.43. The van der Waals surface area contributed by atoms with Crippen molar-refractivity contribution in [3.8, 4) is 0 Å². The number of alkyl halides is 7. The van der Waals surface area contributed by atoms with Crippen LogP contribution in [0, 0.1) is 0 Å². The maximum Gasteiger partial charge on any atom is 0.459 e. The molecule has 1 aromatic heterocycles. The molecule has 0 radical (unpaired) electrons. The maximum atomic E-state index is 12.7. The fourth-order valence-electron chi connectivity index (χ4n) is 0.970. The molecule has 1 nitrogen and oxygen atoms in total. The van der Waals surface area contributed by atoms with Crippen LogP contribution in [0.2, 0.25) is 0 Å². The van der Waals surface area contributed by atoms with Gasteiger partial charge in [-0.2, -0.15) is 42.1 Å². The van der Waals surface area contributed by atoms with Gasteiger partial charge in [-0.3, -0.25) is 0 Å². The smallest absolute Gasteiger partial charge is 0.370 e. The van der Waals surface area contributed by atoms with E-state index >= 15 is 0 Å². The van der Waals surface area contributed by atoms with Crippen LogP contribution < -0.4 is 0 Å². The highest BCUT2D eigenvalue weighted by Crippen LogP contribution is 2.46. The molecule has 0 aliphatic rings. The van der Waals surface area contributed by atoms with Gasteiger partial charge in [0.25, 0.3) is 0 Å². The third-order valence-electron chi connectivity index (χ3n) is 1.95. The highest BCUT2D eigenvalue weighted by molar-refractivity contribution is 7.07. The van der Waals surface area contributed by atoms with E-state index in [4.69, 9.17) is 0 Å². The van der Waals surface area contributed by atoms with Crippen molar-refractivity contribution in [2.24, 2.45) is 0 Å². The first-order chi connectivity index (χ1) is 8.08. The zero-order valence-corrected chi connectivity index (χ0v) is 9.43. The van der Waals surface area contributed by atoms with E-state index in [0.29, 0.717) is 5.56 Å². The number of hydrogen-bond acceptors (Lipinski definition) is 2. The second kappa shape index (κ2) is 5.04. The predicted molar refractivity (Wildman–Crippen MR) is 49.9 cm³/mol. The van der Waals surface area contributed by atoms with Crippen molar-refractivity contribution >= 4 is 11.3 Å². The standard InChI is InChI=1S/C9H7F7OS/c10-7(11,8(12,13)9(14,15)16)5-17-3-6-1-2-18-4-6/h1-2,4H,3,5H2. The van der Waals surface area contributed by atoms with Crippen LogP contribution in [-0.4, -0.2) is 24.6 Å². The van der Waals surface area contributed by atoms with Gasteiger partial charge in [0, 0.05) is 0 Å². The fraction of sp³-hybridized carbons (Fsp3) is 0.556. The van der Waals surface area contributed by atoms with E-state index in [-0.39, 0.29) is 0 Å². The topological polar surface area (TPSA) is 9.23 Å². The van der Waals surface area contributed by atoms with Gasteiger partial charge >= 0.3 is 18.0 Å². The van der Waals surface area contributed by atoms with E-state index in [1.165, 1.54) is 22.8 Å². The van der Waals surface area contributed by atoms with E-state index in [9.17, 15) is 30.7 Å². The van der Waals surface area contributed by atoms with Crippen LogP contribution in [0.1, 0.15) is 5.56 Å². The molecule has 0 saturated carbocycles. The normalized spacial score (nSPS) is 13.9. The summed E-state index contributed by atoms with van der Waals surface area (Å²) in [6.07, 6.45) is -6.32. The molecule has 0 aromatic carbocycles. The van der Waals surface area contributed by atoms with Crippen molar-refractivity contribution in [2.75, 3.05) is 6.61 Å². The molecule has 9 heteroatoms. The Morgan fingerprint density at radius 3 is 2.11 bits per heavy atom. The molecule has 1 rings (SSSR count). The summed E-state index contributed by atoms with van der Waals surface area (Å²) in [5.41, 5.74) is 0.422. The van der Waals surface area contributed by atoms with Gasteiger partial charge in [0.05, 0.1) is 6.61 Å². The molecule has 0 amide bonds. The molecular formula is C9H7F7OS. The number of ether oxygens (including phenoxy) is 1. The van der Waals surface area contributed by atoms with Crippen molar-refractivity contribution in [1.82, 2.24) is 0 Å². The van der Waals surface area contributed by atoms with E-state index < -0.39 is 31.2 Å². The van der Waals surface area contributed by atoms with Gasteiger partial charge in [-0.1, -0.05) is 0 Å². The average Bonchev–Trinajstić information content (AvgIpc) is 2.68. The molecule has 0 fully saturated rings. The highest BCUT2D eigenvalue weighted by atomic mass is 32.1. The number of rotatable bonds is 5. The van der Waals surface area contributed by atoms with Crippen LogP contribution in [-0.2, 0) is 11.3 Å². The maximum absolute atomic E-state index is 12.7. The molecule has 0 bridgehead atoms. The Morgan fingerprint density at radius 2 is 1.67 bits per heavy atom. The molecule has 0 aliphatic carbocycles. The Bertz CT molecular complexity index is 371. The molecule has 0 unspecified atom stereocenters. The molecule has 0 atom stereocenters. The zero-order valence-electron chi connectivity index (χ0n) is 8.61. The van der Waals surface area contributed by atoms with Crippen LogP contribution in [0.3, 0.4) is 0 Å². The van der Waals surface area contributed by atoms with Crippen LogP contribution in [0.15, 0.2) is 16.8 Å². The minimum Gasteiger partial charge on any atom is -0.370 e. The summed E-state index contributed by atoms with van der Waals surface area (Å²) in [6, 6.07) is 1.48. The van der Waals surface area contributed by atoms with Gasteiger partial charge < -0.3 is 4.74 Å². The van der Waals surface area contributed by atoms with Gasteiger partial charge in [0.1, 0.15) is 6.61 Å². The Balaban J connectivity index is 2.59. The molecule has 0 saturated heterocycles.